The summed E-state index contributed by atoms with van der Waals surface area (Å²) < 4.78 is 24.2. The van der Waals surface area contributed by atoms with E-state index in [4.69, 9.17) is 9.15 Å². The minimum Gasteiger partial charge on any atom is -0.462 e. The van der Waals surface area contributed by atoms with Crippen molar-refractivity contribution in [1.29, 1.82) is 5.26 Å². The first-order chi connectivity index (χ1) is 16.2. The Bertz CT molecular complexity index is 1370. The average molecular weight is 483 g/mol. The molecule has 0 aliphatic carbocycles. The van der Waals surface area contributed by atoms with Gasteiger partial charge in [-0.25, -0.2) is 4.79 Å². The number of halogens is 1. The van der Waals surface area contributed by atoms with Crippen LogP contribution in [0.15, 0.2) is 40.3 Å². The van der Waals surface area contributed by atoms with Gasteiger partial charge in [-0.2, -0.15) is 9.65 Å². The monoisotopic (exact) mass is 483 g/mol. The zero-order valence-electron chi connectivity index (χ0n) is 18.3. The SMILES string of the molecule is CCOC(=O)c1c(NC(=O)C(C#N)=Cc2ccc(-c3ccc(F)c([N+](=O)[O-])c3)o2)sc(C)c1C. The second-order valence-electron chi connectivity index (χ2n) is 6.96. The van der Waals surface area contributed by atoms with Crippen LogP contribution < -0.4 is 5.32 Å². The summed E-state index contributed by atoms with van der Waals surface area (Å²) in [6.07, 6.45) is 1.19. The van der Waals surface area contributed by atoms with Crippen LogP contribution in [0.3, 0.4) is 0 Å². The lowest BCUT2D eigenvalue weighted by Crippen LogP contribution is -2.16. The highest BCUT2D eigenvalue weighted by Gasteiger charge is 2.23. The number of carbonyl (C=O) groups excluding carboxylic acids is 2. The van der Waals surface area contributed by atoms with Gasteiger partial charge in [0, 0.05) is 22.6 Å². The molecular formula is C23H18FN3O6S. The molecule has 3 rings (SSSR count). The van der Waals surface area contributed by atoms with Crippen LogP contribution in [-0.4, -0.2) is 23.4 Å². The van der Waals surface area contributed by atoms with Crippen molar-refractivity contribution in [3.8, 4) is 17.4 Å². The molecule has 0 saturated heterocycles. The van der Waals surface area contributed by atoms with E-state index >= 15 is 0 Å². The fraction of sp³-hybridized carbons (Fsp3) is 0.174. The molecule has 1 N–H and O–H groups in total. The number of nitrogens with one attached hydrogen (secondary N) is 1. The lowest BCUT2D eigenvalue weighted by Gasteiger charge is -2.06. The first-order valence-electron chi connectivity index (χ1n) is 9.90. The molecule has 2 aromatic heterocycles. The van der Waals surface area contributed by atoms with Crippen LogP contribution in [0.25, 0.3) is 17.4 Å². The summed E-state index contributed by atoms with van der Waals surface area (Å²) in [6.45, 7) is 5.37. The normalized spacial score (nSPS) is 11.1. The van der Waals surface area contributed by atoms with Crippen molar-refractivity contribution in [3.63, 3.8) is 0 Å². The summed E-state index contributed by atoms with van der Waals surface area (Å²) in [7, 11) is 0. The van der Waals surface area contributed by atoms with Gasteiger partial charge in [-0.15, -0.1) is 11.3 Å². The minimum atomic E-state index is -0.981. The molecule has 0 radical (unpaired) electrons. The Kier molecular flexibility index (Phi) is 7.23. The number of ether oxygens (including phenoxy) is 1. The number of nitro benzene ring substituents is 1. The van der Waals surface area contributed by atoms with E-state index in [0.717, 1.165) is 17.0 Å². The van der Waals surface area contributed by atoms with Gasteiger partial charge in [0.15, 0.2) is 0 Å². The number of rotatable bonds is 7. The molecule has 0 unspecified atom stereocenters. The maximum atomic E-state index is 13.6. The highest BCUT2D eigenvalue weighted by atomic mass is 32.1. The van der Waals surface area contributed by atoms with Crippen molar-refractivity contribution >= 4 is 40.0 Å². The first kappa shape index (κ1) is 24.3. The fourth-order valence-corrected chi connectivity index (χ4v) is 4.06. The van der Waals surface area contributed by atoms with E-state index < -0.39 is 28.3 Å². The van der Waals surface area contributed by atoms with Crippen molar-refractivity contribution in [2.24, 2.45) is 0 Å². The Morgan fingerprint density at radius 3 is 2.71 bits per heavy atom. The standard InChI is InChI=1S/C23H18FN3O6S/c1-4-32-23(29)20-12(2)13(3)34-22(20)26-21(28)15(11-25)9-16-6-8-19(33-16)14-5-7-17(24)18(10-14)27(30)31/h5-10H,4H2,1-3H3,(H,26,28). The maximum absolute atomic E-state index is 13.6. The van der Waals surface area contributed by atoms with E-state index in [9.17, 15) is 29.4 Å². The Labute approximate surface area is 197 Å². The van der Waals surface area contributed by atoms with Crippen molar-refractivity contribution in [1.82, 2.24) is 0 Å². The Morgan fingerprint density at radius 1 is 1.32 bits per heavy atom. The summed E-state index contributed by atoms with van der Waals surface area (Å²) in [5.41, 5.74) is 0.143. The molecule has 1 amide bonds. The Morgan fingerprint density at radius 2 is 2.06 bits per heavy atom. The van der Waals surface area contributed by atoms with Gasteiger partial charge in [-0.05, 0) is 50.6 Å². The number of esters is 1. The predicted molar refractivity (Wildman–Crippen MR) is 123 cm³/mol. The molecular weight excluding hydrogens is 465 g/mol. The van der Waals surface area contributed by atoms with Gasteiger partial charge in [0.05, 0.1) is 17.1 Å². The maximum Gasteiger partial charge on any atom is 0.341 e. The molecule has 0 spiro atoms. The van der Waals surface area contributed by atoms with Crippen LogP contribution in [0, 0.1) is 41.1 Å². The molecule has 0 aliphatic heterocycles. The Balaban J connectivity index is 1.87. The molecule has 0 aliphatic rings. The number of hydrogen-bond donors (Lipinski definition) is 1. The zero-order valence-corrected chi connectivity index (χ0v) is 19.1. The molecule has 0 atom stereocenters. The quantitative estimate of drug-likeness (QED) is 0.156. The van der Waals surface area contributed by atoms with Crippen molar-refractivity contribution in [2.75, 3.05) is 11.9 Å². The molecule has 34 heavy (non-hydrogen) atoms. The van der Waals surface area contributed by atoms with Crippen LogP contribution in [0.1, 0.15) is 33.5 Å². The minimum absolute atomic E-state index is 0.123. The predicted octanol–water partition coefficient (Wildman–Crippen LogP) is 5.39. The zero-order chi connectivity index (χ0) is 25.0. The first-order valence-corrected chi connectivity index (χ1v) is 10.7. The number of benzene rings is 1. The number of nitrogens with zero attached hydrogens (tertiary/aromatic N) is 2. The van der Waals surface area contributed by atoms with Crippen LogP contribution in [0.5, 0.6) is 0 Å². The van der Waals surface area contributed by atoms with E-state index in [1.54, 1.807) is 26.8 Å². The summed E-state index contributed by atoms with van der Waals surface area (Å²) in [6, 6.07) is 8.00. The molecule has 0 bridgehead atoms. The molecule has 2 heterocycles. The molecule has 3 aromatic rings. The number of nitro groups is 1. The Hall–Kier alpha value is -4.30. The second-order valence-corrected chi connectivity index (χ2v) is 8.18. The third-order valence-corrected chi connectivity index (χ3v) is 5.92. The largest absolute Gasteiger partial charge is 0.462 e. The lowest BCUT2D eigenvalue weighted by atomic mass is 10.1. The van der Waals surface area contributed by atoms with Crippen LogP contribution in [0.2, 0.25) is 0 Å². The van der Waals surface area contributed by atoms with E-state index in [0.29, 0.717) is 5.56 Å². The smallest absolute Gasteiger partial charge is 0.341 e. The average Bonchev–Trinajstić information content (AvgIpc) is 3.36. The summed E-state index contributed by atoms with van der Waals surface area (Å²) in [5, 5.41) is 23.3. The van der Waals surface area contributed by atoms with Gasteiger partial charge in [-0.1, -0.05) is 0 Å². The number of hydrogen-bond acceptors (Lipinski definition) is 8. The van der Waals surface area contributed by atoms with E-state index in [1.807, 2.05) is 0 Å². The van der Waals surface area contributed by atoms with Gasteiger partial charge >= 0.3 is 11.7 Å². The van der Waals surface area contributed by atoms with Crippen LogP contribution in [-0.2, 0) is 9.53 Å². The molecule has 0 fully saturated rings. The van der Waals surface area contributed by atoms with Gasteiger partial charge < -0.3 is 14.5 Å². The molecule has 11 heteroatoms. The third kappa shape index (κ3) is 5.02. The number of nitriles is 1. The van der Waals surface area contributed by atoms with Crippen molar-refractivity contribution in [3.05, 3.63) is 73.6 Å². The van der Waals surface area contributed by atoms with E-state index in [-0.39, 0.29) is 39.8 Å². The number of aryl methyl sites for hydroxylation is 1. The van der Waals surface area contributed by atoms with Gasteiger partial charge in [0.1, 0.15) is 28.2 Å². The highest BCUT2D eigenvalue weighted by Crippen LogP contribution is 2.33. The number of carbonyl (C=O) groups is 2. The molecule has 174 valence electrons. The second kappa shape index (κ2) is 10.1. The summed E-state index contributed by atoms with van der Waals surface area (Å²) in [4.78, 5) is 36.0. The summed E-state index contributed by atoms with van der Waals surface area (Å²) in [5.74, 6) is -2.01. The number of anilines is 1. The summed E-state index contributed by atoms with van der Waals surface area (Å²) >= 11 is 1.19. The molecule has 0 saturated carbocycles. The van der Waals surface area contributed by atoms with Gasteiger partial charge in [0.25, 0.3) is 5.91 Å². The molecule has 1 aromatic carbocycles. The fourth-order valence-electron chi connectivity index (χ4n) is 3.02. The lowest BCUT2D eigenvalue weighted by molar-refractivity contribution is -0.387. The van der Waals surface area contributed by atoms with Crippen molar-refractivity contribution < 1.29 is 28.1 Å². The topological polar surface area (TPSA) is 135 Å². The highest BCUT2D eigenvalue weighted by molar-refractivity contribution is 7.16. The van der Waals surface area contributed by atoms with Gasteiger partial charge in [0.2, 0.25) is 5.82 Å². The molecule has 9 nitrogen and oxygen atoms in total. The van der Waals surface area contributed by atoms with Crippen molar-refractivity contribution in [2.45, 2.75) is 20.8 Å². The van der Waals surface area contributed by atoms with Crippen LogP contribution >= 0.6 is 11.3 Å². The van der Waals surface area contributed by atoms with E-state index in [2.05, 4.69) is 5.32 Å². The number of thiophene rings is 1. The number of furan rings is 1. The number of amides is 1. The third-order valence-electron chi connectivity index (χ3n) is 4.80. The van der Waals surface area contributed by atoms with E-state index in [1.165, 1.54) is 35.6 Å². The van der Waals surface area contributed by atoms with Crippen LogP contribution in [0.4, 0.5) is 15.1 Å². The van der Waals surface area contributed by atoms with Gasteiger partial charge in [-0.3, -0.25) is 14.9 Å².